The SMILES string of the molecule is COc1ccc(-c2nc(Cc3ccc(-n4cccc4)cc3)n(CC(F)(F)F)n2)cc1. The minimum atomic E-state index is -4.39. The molecule has 0 aliphatic rings. The predicted molar refractivity (Wildman–Crippen MR) is 107 cm³/mol. The van der Waals surface area contributed by atoms with Crippen LogP contribution < -0.4 is 4.74 Å². The second-order valence-electron chi connectivity index (χ2n) is 6.79. The second kappa shape index (κ2) is 8.06. The fourth-order valence-electron chi connectivity index (χ4n) is 3.14. The molecule has 0 aliphatic heterocycles. The lowest BCUT2D eigenvalue weighted by Crippen LogP contribution is -2.20. The summed E-state index contributed by atoms with van der Waals surface area (Å²) in [5.41, 5.74) is 2.45. The maximum atomic E-state index is 13.1. The van der Waals surface area contributed by atoms with Crippen molar-refractivity contribution in [3.8, 4) is 22.8 Å². The van der Waals surface area contributed by atoms with E-state index >= 15 is 0 Å². The van der Waals surface area contributed by atoms with Crippen LogP contribution in [0, 0.1) is 0 Å². The van der Waals surface area contributed by atoms with E-state index in [-0.39, 0.29) is 18.1 Å². The van der Waals surface area contributed by atoms with E-state index in [9.17, 15) is 13.2 Å². The third-order valence-electron chi connectivity index (χ3n) is 4.63. The topological polar surface area (TPSA) is 44.9 Å². The quantitative estimate of drug-likeness (QED) is 0.453. The normalized spacial score (nSPS) is 11.6. The predicted octanol–water partition coefficient (Wildman–Crippen LogP) is 4.90. The van der Waals surface area contributed by atoms with Gasteiger partial charge < -0.3 is 9.30 Å². The molecule has 4 rings (SSSR count). The molecule has 0 saturated carbocycles. The van der Waals surface area contributed by atoms with Crippen LogP contribution in [0.15, 0.2) is 73.1 Å². The van der Waals surface area contributed by atoms with Crippen molar-refractivity contribution in [2.45, 2.75) is 19.1 Å². The molecule has 0 radical (unpaired) electrons. The number of nitrogens with zero attached hydrogens (tertiary/aromatic N) is 4. The minimum Gasteiger partial charge on any atom is -0.497 e. The van der Waals surface area contributed by atoms with Gasteiger partial charge in [0, 0.05) is 30.1 Å². The molecule has 2 aromatic carbocycles. The molecule has 0 aliphatic carbocycles. The molecule has 0 atom stereocenters. The summed E-state index contributed by atoms with van der Waals surface area (Å²) in [6.45, 7) is -1.19. The van der Waals surface area contributed by atoms with E-state index in [2.05, 4.69) is 10.1 Å². The van der Waals surface area contributed by atoms with Crippen molar-refractivity contribution < 1.29 is 17.9 Å². The lowest BCUT2D eigenvalue weighted by atomic mass is 10.1. The third kappa shape index (κ3) is 4.53. The number of halogens is 3. The Balaban J connectivity index is 1.62. The summed E-state index contributed by atoms with van der Waals surface area (Å²) >= 11 is 0. The van der Waals surface area contributed by atoms with Gasteiger partial charge in [-0.1, -0.05) is 12.1 Å². The first-order valence-electron chi connectivity index (χ1n) is 9.28. The van der Waals surface area contributed by atoms with Crippen LogP contribution in [0.3, 0.4) is 0 Å². The Labute approximate surface area is 171 Å². The molecule has 154 valence electrons. The van der Waals surface area contributed by atoms with E-state index in [0.29, 0.717) is 11.3 Å². The highest BCUT2D eigenvalue weighted by Crippen LogP contribution is 2.24. The molecule has 2 heterocycles. The molecule has 5 nitrogen and oxygen atoms in total. The van der Waals surface area contributed by atoms with Crippen molar-refractivity contribution in [3.63, 3.8) is 0 Å². The Hall–Kier alpha value is -3.55. The zero-order valence-corrected chi connectivity index (χ0v) is 16.2. The Morgan fingerprint density at radius 3 is 2.20 bits per heavy atom. The fourth-order valence-corrected chi connectivity index (χ4v) is 3.14. The molecule has 0 spiro atoms. The summed E-state index contributed by atoms with van der Waals surface area (Å²) in [5.74, 6) is 1.16. The van der Waals surface area contributed by atoms with Crippen LogP contribution >= 0.6 is 0 Å². The van der Waals surface area contributed by atoms with E-state index in [1.54, 1.807) is 31.4 Å². The standard InChI is InChI=1S/C22H19F3N4O/c1-30-19-10-6-17(7-11-19)21-26-20(29(27-21)15-22(23,24)25)14-16-4-8-18(9-5-16)28-12-2-3-13-28/h2-13H,14-15H2,1H3. The van der Waals surface area contributed by atoms with Crippen LogP contribution in [0.25, 0.3) is 17.1 Å². The number of aromatic nitrogens is 4. The smallest absolute Gasteiger partial charge is 0.408 e. The Bertz CT molecular complexity index is 1100. The summed E-state index contributed by atoms with van der Waals surface area (Å²) in [6, 6.07) is 18.4. The Kier molecular flexibility index (Phi) is 5.31. The van der Waals surface area contributed by atoms with Gasteiger partial charge in [0.05, 0.1) is 7.11 Å². The molecule has 4 aromatic rings. The molecule has 8 heteroatoms. The average Bonchev–Trinajstić information content (AvgIpc) is 3.38. The third-order valence-corrected chi connectivity index (χ3v) is 4.63. The molecule has 0 unspecified atom stereocenters. The van der Waals surface area contributed by atoms with E-state index in [1.807, 2.05) is 53.4 Å². The van der Waals surface area contributed by atoms with Gasteiger partial charge in [-0.25, -0.2) is 9.67 Å². The van der Waals surface area contributed by atoms with Crippen LogP contribution in [0.4, 0.5) is 13.2 Å². The maximum absolute atomic E-state index is 13.1. The summed E-state index contributed by atoms with van der Waals surface area (Å²) in [4.78, 5) is 4.39. The summed E-state index contributed by atoms with van der Waals surface area (Å²) in [6.07, 6.45) is -0.296. The van der Waals surface area contributed by atoms with Gasteiger partial charge in [0.2, 0.25) is 0 Å². The average molecular weight is 412 g/mol. The highest BCUT2D eigenvalue weighted by molar-refractivity contribution is 5.56. The highest BCUT2D eigenvalue weighted by atomic mass is 19.4. The van der Waals surface area contributed by atoms with E-state index in [4.69, 9.17) is 4.74 Å². The molecule has 0 amide bonds. The first kappa shape index (κ1) is 19.8. The van der Waals surface area contributed by atoms with Crippen LogP contribution in [0.5, 0.6) is 5.75 Å². The lowest BCUT2D eigenvalue weighted by molar-refractivity contribution is -0.143. The van der Waals surface area contributed by atoms with Gasteiger partial charge in [0.25, 0.3) is 0 Å². The van der Waals surface area contributed by atoms with Crippen LogP contribution in [0.1, 0.15) is 11.4 Å². The Morgan fingerprint density at radius 2 is 1.60 bits per heavy atom. The van der Waals surface area contributed by atoms with Gasteiger partial charge in [-0.05, 0) is 54.1 Å². The number of benzene rings is 2. The summed E-state index contributed by atoms with van der Waals surface area (Å²) in [5, 5.41) is 4.12. The van der Waals surface area contributed by atoms with Gasteiger partial charge >= 0.3 is 6.18 Å². The number of alkyl halides is 3. The molecular weight excluding hydrogens is 393 g/mol. The van der Waals surface area contributed by atoms with Gasteiger partial charge in [-0.15, -0.1) is 0 Å². The summed E-state index contributed by atoms with van der Waals surface area (Å²) in [7, 11) is 1.55. The number of hydrogen-bond donors (Lipinski definition) is 0. The lowest BCUT2D eigenvalue weighted by Gasteiger charge is -2.09. The number of hydrogen-bond acceptors (Lipinski definition) is 3. The highest BCUT2D eigenvalue weighted by Gasteiger charge is 2.30. The molecule has 30 heavy (non-hydrogen) atoms. The molecular formula is C22H19F3N4O. The van der Waals surface area contributed by atoms with E-state index in [0.717, 1.165) is 15.9 Å². The van der Waals surface area contributed by atoms with Crippen molar-refractivity contribution in [2.75, 3.05) is 7.11 Å². The number of ether oxygens (including phenoxy) is 1. The van der Waals surface area contributed by atoms with Crippen molar-refractivity contribution in [3.05, 3.63) is 84.4 Å². The number of rotatable bonds is 6. The maximum Gasteiger partial charge on any atom is 0.408 e. The van der Waals surface area contributed by atoms with Crippen molar-refractivity contribution in [1.82, 2.24) is 19.3 Å². The van der Waals surface area contributed by atoms with Crippen LogP contribution in [0.2, 0.25) is 0 Å². The molecule has 0 bridgehead atoms. The molecule has 0 saturated heterocycles. The monoisotopic (exact) mass is 412 g/mol. The fraction of sp³-hybridized carbons (Fsp3) is 0.182. The van der Waals surface area contributed by atoms with E-state index in [1.165, 1.54) is 0 Å². The van der Waals surface area contributed by atoms with Crippen molar-refractivity contribution >= 4 is 0 Å². The van der Waals surface area contributed by atoms with Crippen molar-refractivity contribution in [2.24, 2.45) is 0 Å². The van der Waals surface area contributed by atoms with Gasteiger partial charge in [0.15, 0.2) is 5.82 Å². The van der Waals surface area contributed by atoms with E-state index < -0.39 is 12.7 Å². The Morgan fingerprint density at radius 1 is 0.933 bits per heavy atom. The largest absolute Gasteiger partial charge is 0.497 e. The van der Waals surface area contributed by atoms with Crippen LogP contribution in [-0.4, -0.2) is 32.6 Å². The molecule has 2 aromatic heterocycles. The minimum absolute atomic E-state index is 0.241. The van der Waals surface area contributed by atoms with Gasteiger partial charge in [-0.2, -0.15) is 18.3 Å². The van der Waals surface area contributed by atoms with Gasteiger partial charge in [0.1, 0.15) is 18.1 Å². The molecule has 0 fully saturated rings. The second-order valence-corrected chi connectivity index (χ2v) is 6.79. The van der Waals surface area contributed by atoms with Gasteiger partial charge in [-0.3, -0.25) is 0 Å². The zero-order chi connectivity index (χ0) is 21.1. The summed E-state index contributed by atoms with van der Waals surface area (Å²) < 4.78 is 47.2. The number of methoxy groups -OCH3 is 1. The first-order valence-corrected chi connectivity index (χ1v) is 9.28. The van der Waals surface area contributed by atoms with Crippen LogP contribution in [-0.2, 0) is 13.0 Å². The zero-order valence-electron chi connectivity index (χ0n) is 16.2. The molecule has 0 N–H and O–H groups in total. The van der Waals surface area contributed by atoms with Crippen molar-refractivity contribution in [1.29, 1.82) is 0 Å². The first-order chi connectivity index (χ1) is 14.4.